The van der Waals surface area contributed by atoms with Crippen molar-refractivity contribution in [3.8, 4) is 0 Å². The van der Waals surface area contributed by atoms with Gasteiger partial charge in [0.1, 0.15) is 0 Å². The summed E-state index contributed by atoms with van der Waals surface area (Å²) in [6.45, 7) is 1.64. The maximum absolute atomic E-state index is 9.96. The van der Waals surface area contributed by atoms with E-state index in [9.17, 15) is 5.11 Å². The first kappa shape index (κ1) is 12.0. The Labute approximate surface area is 104 Å². The zero-order valence-corrected chi connectivity index (χ0v) is 10.7. The van der Waals surface area contributed by atoms with Gasteiger partial charge in [-0.05, 0) is 52.7 Å². The molecule has 0 bridgehead atoms. The molecule has 1 aromatic heterocycles. The van der Waals surface area contributed by atoms with Gasteiger partial charge in [-0.3, -0.25) is 4.98 Å². The van der Waals surface area contributed by atoms with Gasteiger partial charge in [0.2, 0.25) is 0 Å². The average Bonchev–Trinajstić information content (AvgIpc) is 2.70. The first-order valence-electron chi connectivity index (χ1n) is 5.59. The van der Waals surface area contributed by atoms with Gasteiger partial charge >= 0.3 is 0 Å². The van der Waals surface area contributed by atoms with E-state index in [2.05, 4.69) is 20.9 Å². The number of hydrogen-bond donors (Lipinski definition) is 1. The molecule has 0 amide bonds. The van der Waals surface area contributed by atoms with Crippen LogP contribution in [0.25, 0.3) is 0 Å². The number of aliphatic hydroxyl groups is 1. The lowest BCUT2D eigenvalue weighted by Crippen LogP contribution is -2.16. The van der Waals surface area contributed by atoms with Crippen molar-refractivity contribution < 1.29 is 9.84 Å². The van der Waals surface area contributed by atoms with E-state index in [1.807, 2.05) is 6.07 Å². The highest BCUT2D eigenvalue weighted by molar-refractivity contribution is 9.10. The lowest BCUT2D eigenvalue weighted by atomic mass is 9.97. The maximum Gasteiger partial charge on any atom is 0.0584 e. The summed E-state index contributed by atoms with van der Waals surface area (Å²) in [7, 11) is 0. The molecule has 2 atom stereocenters. The average molecular weight is 286 g/mol. The summed E-state index contributed by atoms with van der Waals surface area (Å²) >= 11 is 3.38. The number of halogens is 1. The Kier molecular flexibility index (Phi) is 4.32. The predicted octanol–water partition coefficient (Wildman–Crippen LogP) is 2.17. The number of rotatable bonds is 4. The van der Waals surface area contributed by atoms with Crippen LogP contribution in [-0.2, 0) is 11.2 Å². The molecule has 1 saturated heterocycles. The van der Waals surface area contributed by atoms with Crippen molar-refractivity contribution in [2.45, 2.75) is 25.4 Å². The highest BCUT2D eigenvalue weighted by Crippen LogP contribution is 2.20. The number of aliphatic hydroxyl groups excluding tert-OH is 1. The van der Waals surface area contributed by atoms with Crippen LogP contribution in [0.15, 0.2) is 22.9 Å². The second kappa shape index (κ2) is 5.75. The first-order valence-corrected chi connectivity index (χ1v) is 6.38. The van der Waals surface area contributed by atoms with Crippen molar-refractivity contribution in [3.63, 3.8) is 0 Å². The van der Waals surface area contributed by atoms with E-state index in [4.69, 9.17) is 4.74 Å². The molecule has 1 aromatic rings. The molecule has 2 rings (SSSR count). The predicted molar refractivity (Wildman–Crippen MR) is 65.2 cm³/mol. The number of nitrogens with zero attached hydrogens (tertiary/aromatic N) is 1. The molecule has 0 saturated carbocycles. The van der Waals surface area contributed by atoms with E-state index in [0.29, 0.717) is 12.3 Å². The molecular formula is C12H16BrNO2. The van der Waals surface area contributed by atoms with Gasteiger partial charge in [0, 0.05) is 30.1 Å². The Balaban J connectivity index is 1.84. The second-order valence-corrected chi connectivity index (χ2v) is 5.25. The van der Waals surface area contributed by atoms with E-state index >= 15 is 0 Å². The van der Waals surface area contributed by atoms with Crippen molar-refractivity contribution in [1.29, 1.82) is 0 Å². The summed E-state index contributed by atoms with van der Waals surface area (Å²) in [4.78, 5) is 4.09. The van der Waals surface area contributed by atoms with Crippen molar-refractivity contribution in [2.24, 2.45) is 5.92 Å². The number of hydrogen-bond acceptors (Lipinski definition) is 3. The van der Waals surface area contributed by atoms with E-state index in [1.54, 1.807) is 12.4 Å². The summed E-state index contributed by atoms with van der Waals surface area (Å²) in [6, 6.07) is 2.00. The third-order valence-electron chi connectivity index (χ3n) is 2.86. The van der Waals surface area contributed by atoms with Crippen molar-refractivity contribution in [1.82, 2.24) is 4.98 Å². The van der Waals surface area contributed by atoms with Crippen molar-refractivity contribution in [2.75, 3.05) is 13.2 Å². The second-order valence-electron chi connectivity index (χ2n) is 4.33. The maximum atomic E-state index is 9.96. The summed E-state index contributed by atoms with van der Waals surface area (Å²) in [6.07, 6.45) is 5.84. The van der Waals surface area contributed by atoms with E-state index < -0.39 is 0 Å². The fourth-order valence-corrected chi connectivity index (χ4v) is 2.49. The van der Waals surface area contributed by atoms with Crippen LogP contribution in [0, 0.1) is 5.92 Å². The highest BCUT2D eigenvalue weighted by Gasteiger charge is 2.19. The number of aromatic nitrogens is 1. The standard InChI is InChI=1S/C12H16BrNO2/c13-11-3-10(6-14-7-11)5-12(15)4-9-1-2-16-8-9/h3,6-7,9,12,15H,1-2,4-5,8H2. The topological polar surface area (TPSA) is 42.4 Å². The minimum atomic E-state index is -0.289. The smallest absolute Gasteiger partial charge is 0.0584 e. The van der Waals surface area contributed by atoms with E-state index in [-0.39, 0.29) is 6.10 Å². The van der Waals surface area contributed by atoms with Gasteiger partial charge in [0.25, 0.3) is 0 Å². The molecule has 0 aromatic carbocycles. The minimum absolute atomic E-state index is 0.289. The summed E-state index contributed by atoms with van der Waals surface area (Å²) in [5.74, 6) is 0.523. The van der Waals surface area contributed by atoms with Crippen LogP contribution in [-0.4, -0.2) is 29.4 Å². The Morgan fingerprint density at radius 1 is 1.56 bits per heavy atom. The van der Waals surface area contributed by atoms with Crippen LogP contribution in [0.1, 0.15) is 18.4 Å². The van der Waals surface area contributed by atoms with Gasteiger partial charge in [-0.1, -0.05) is 0 Å². The van der Waals surface area contributed by atoms with Crippen LogP contribution < -0.4 is 0 Å². The molecule has 16 heavy (non-hydrogen) atoms. The molecule has 0 radical (unpaired) electrons. The van der Waals surface area contributed by atoms with Crippen molar-refractivity contribution in [3.05, 3.63) is 28.5 Å². The Hall–Kier alpha value is -0.450. The van der Waals surface area contributed by atoms with Crippen LogP contribution >= 0.6 is 15.9 Å². The molecule has 88 valence electrons. The van der Waals surface area contributed by atoms with E-state index in [0.717, 1.165) is 36.1 Å². The van der Waals surface area contributed by atoms with Crippen LogP contribution in [0.4, 0.5) is 0 Å². The lowest BCUT2D eigenvalue weighted by Gasteiger charge is -2.14. The molecule has 0 spiro atoms. The molecule has 4 heteroatoms. The summed E-state index contributed by atoms with van der Waals surface area (Å²) in [5.41, 5.74) is 1.07. The van der Waals surface area contributed by atoms with Gasteiger partial charge in [-0.25, -0.2) is 0 Å². The van der Waals surface area contributed by atoms with Gasteiger partial charge in [-0.15, -0.1) is 0 Å². The van der Waals surface area contributed by atoms with Crippen LogP contribution in [0.2, 0.25) is 0 Å². The Morgan fingerprint density at radius 2 is 2.44 bits per heavy atom. The number of ether oxygens (including phenoxy) is 1. The van der Waals surface area contributed by atoms with Gasteiger partial charge < -0.3 is 9.84 Å². The molecular weight excluding hydrogens is 270 g/mol. The third kappa shape index (κ3) is 3.54. The van der Waals surface area contributed by atoms with Crippen LogP contribution in [0.3, 0.4) is 0 Å². The quantitative estimate of drug-likeness (QED) is 0.922. The zero-order valence-electron chi connectivity index (χ0n) is 9.10. The largest absolute Gasteiger partial charge is 0.393 e. The molecule has 2 unspecified atom stereocenters. The molecule has 1 aliphatic heterocycles. The molecule has 0 aliphatic carbocycles. The lowest BCUT2D eigenvalue weighted by molar-refractivity contribution is 0.128. The summed E-state index contributed by atoms with van der Waals surface area (Å²) in [5, 5.41) is 9.96. The fourth-order valence-electron chi connectivity index (χ4n) is 2.08. The van der Waals surface area contributed by atoms with Crippen LogP contribution in [0.5, 0.6) is 0 Å². The molecule has 1 aliphatic rings. The Bertz CT molecular complexity index is 340. The van der Waals surface area contributed by atoms with Gasteiger partial charge in [0.15, 0.2) is 0 Å². The Morgan fingerprint density at radius 3 is 3.12 bits per heavy atom. The highest BCUT2D eigenvalue weighted by atomic mass is 79.9. The number of pyridine rings is 1. The molecule has 3 nitrogen and oxygen atoms in total. The monoisotopic (exact) mass is 285 g/mol. The zero-order chi connectivity index (χ0) is 11.4. The molecule has 1 fully saturated rings. The van der Waals surface area contributed by atoms with Crippen molar-refractivity contribution >= 4 is 15.9 Å². The van der Waals surface area contributed by atoms with Gasteiger partial charge in [-0.2, -0.15) is 0 Å². The molecule has 2 heterocycles. The van der Waals surface area contributed by atoms with E-state index in [1.165, 1.54) is 0 Å². The fraction of sp³-hybridized carbons (Fsp3) is 0.583. The minimum Gasteiger partial charge on any atom is -0.393 e. The SMILES string of the molecule is OC(Cc1cncc(Br)c1)CC1CCOC1. The first-order chi connectivity index (χ1) is 7.74. The third-order valence-corrected chi connectivity index (χ3v) is 3.30. The normalized spacial score (nSPS) is 22.2. The van der Waals surface area contributed by atoms with Gasteiger partial charge in [0.05, 0.1) is 6.10 Å². The molecule has 1 N–H and O–H groups in total. The summed E-state index contributed by atoms with van der Waals surface area (Å²) < 4.78 is 6.26.